The molecule has 1 aromatic rings. The first kappa shape index (κ1) is 10.2. The molecule has 0 aromatic carbocycles. The Morgan fingerprint density at radius 3 is 2.77 bits per heavy atom. The molecule has 4 nitrogen and oxygen atoms in total. The molecule has 1 rings (SSSR count). The third-order valence-corrected chi connectivity index (χ3v) is 2.02. The average molecular weight is 203 g/mol. The van der Waals surface area contributed by atoms with Crippen molar-refractivity contribution >= 4 is 17.3 Å². The van der Waals surface area contributed by atoms with Gasteiger partial charge in [-0.15, -0.1) is 0 Å². The number of aryl methyl sites for hydroxylation is 1. The maximum absolute atomic E-state index is 11.3. The fraction of sp³-hybridized carbons (Fsp3) is 0.375. The Bertz CT molecular complexity index is 362. The van der Waals surface area contributed by atoms with Crippen LogP contribution in [0.25, 0.3) is 0 Å². The zero-order chi connectivity index (χ0) is 10.0. The second-order valence-corrected chi connectivity index (χ2v) is 3.19. The van der Waals surface area contributed by atoms with E-state index in [1.165, 1.54) is 0 Å². The van der Waals surface area contributed by atoms with Gasteiger partial charge in [-0.05, 0) is 19.9 Å². The molecule has 72 valence electrons. The number of rotatable bonds is 2. The van der Waals surface area contributed by atoms with Crippen molar-refractivity contribution in [2.45, 2.75) is 13.8 Å². The number of quaternary nitrogens is 1. The van der Waals surface area contributed by atoms with Crippen LogP contribution in [0.15, 0.2) is 10.9 Å². The summed E-state index contributed by atoms with van der Waals surface area (Å²) >= 11 is 5.77. The van der Waals surface area contributed by atoms with E-state index in [-0.39, 0.29) is 22.3 Å². The van der Waals surface area contributed by atoms with E-state index in [0.29, 0.717) is 5.69 Å². The van der Waals surface area contributed by atoms with Crippen LogP contribution in [-0.4, -0.2) is 11.5 Å². The number of aromatic nitrogens is 1. The molecule has 0 aliphatic carbocycles. The number of hydrogen-bond acceptors (Lipinski definition) is 2. The van der Waals surface area contributed by atoms with Crippen molar-refractivity contribution in [3.63, 3.8) is 0 Å². The molecule has 0 amide bonds. The molecule has 0 spiro atoms. The van der Waals surface area contributed by atoms with Crippen molar-refractivity contribution in [2.75, 3.05) is 6.54 Å². The van der Waals surface area contributed by atoms with Gasteiger partial charge in [0.25, 0.3) is 0 Å². The second-order valence-electron chi connectivity index (χ2n) is 2.78. The van der Waals surface area contributed by atoms with Crippen LogP contribution >= 0.6 is 11.6 Å². The number of pyridine rings is 1. The number of H-pyrrole nitrogens is 1. The van der Waals surface area contributed by atoms with Gasteiger partial charge in [-0.25, -0.2) is 0 Å². The first-order valence-corrected chi connectivity index (χ1v) is 4.36. The first-order chi connectivity index (χ1) is 6.06. The lowest BCUT2D eigenvalue weighted by atomic mass is 10.3. The molecule has 0 aliphatic heterocycles. The smallest absolute Gasteiger partial charge is 0.311 e. The van der Waals surface area contributed by atoms with Crippen molar-refractivity contribution in [2.24, 2.45) is 0 Å². The van der Waals surface area contributed by atoms with Gasteiger partial charge in [0.2, 0.25) is 5.69 Å². The normalized spacial score (nSPS) is 12.9. The summed E-state index contributed by atoms with van der Waals surface area (Å²) in [4.78, 5) is 13.8. The minimum Gasteiger partial charge on any atom is -0.629 e. The zero-order valence-corrected chi connectivity index (χ0v) is 8.23. The third kappa shape index (κ3) is 2.09. The van der Waals surface area contributed by atoms with Gasteiger partial charge in [0.15, 0.2) is 0 Å². The van der Waals surface area contributed by atoms with Crippen LogP contribution in [0.2, 0.25) is 5.02 Å². The monoisotopic (exact) mass is 202 g/mol. The van der Waals surface area contributed by atoms with Crippen molar-refractivity contribution < 1.29 is 5.06 Å². The van der Waals surface area contributed by atoms with Crippen LogP contribution in [0.4, 0.5) is 5.69 Å². The van der Waals surface area contributed by atoms with E-state index in [2.05, 4.69) is 4.98 Å². The van der Waals surface area contributed by atoms with E-state index in [1.807, 2.05) is 0 Å². The molecule has 0 saturated carbocycles. The molecule has 0 fully saturated rings. The van der Waals surface area contributed by atoms with E-state index >= 15 is 0 Å². The number of halogens is 1. The van der Waals surface area contributed by atoms with Gasteiger partial charge >= 0.3 is 5.56 Å². The van der Waals surface area contributed by atoms with Gasteiger partial charge < -0.3 is 15.3 Å². The van der Waals surface area contributed by atoms with E-state index in [1.54, 1.807) is 19.9 Å². The predicted octanol–water partition coefficient (Wildman–Crippen LogP) is 0.371. The minimum atomic E-state index is -0.406. The molecule has 1 unspecified atom stereocenters. The zero-order valence-electron chi connectivity index (χ0n) is 7.48. The minimum absolute atomic E-state index is 0.0646. The van der Waals surface area contributed by atoms with Crippen LogP contribution < -0.4 is 10.6 Å². The fourth-order valence-corrected chi connectivity index (χ4v) is 1.44. The van der Waals surface area contributed by atoms with Gasteiger partial charge in [0.1, 0.15) is 5.02 Å². The summed E-state index contributed by atoms with van der Waals surface area (Å²) in [6, 6.07) is 1.58. The van der Waals surface area contributed by atoms with Crippen molar-refractivity contribution in [3.05, 3.63) is 32.3 Å². The Balaban J connectivity index is 3.29. The van der Waals surface area contributed by atoms with E-state index in [0.717, 1.165) is 0 Å². The summed E-state index contributed by atoms with van der Waals surface area (Å²) < 4.78 is 0. The molecule has 0 aliphatic rings. The summed E-state index contributed by atoms with van der Waals surface area (Å²) in [5, 5.41) is 11.3. The lowest BCUT2D eigenvalue weighted by Crippen LogP contribution is -3.02. The maximum Gasteiger partial charge on any atom is 0.311 e. The highest BCUT2D eigenvalue weighted by Crippen LogP contribution is 2.13. The quantitative estimate of drug-likeness (QED) is 0.681. The average Bonchev–Trinajstić information content (AvgIpc) is 2.02. The standard InChI is InChI=1S/C8H11ClN2O2/c1-3-11(13)7-6(9)4-5(2)10-8(7)12/h4,11H,3H2,1-2H3,(H,10,12). The lowest BCUT2D eigenvalue weighted by molar-refractivity contribution is -0.774. The Labute approximate surface area is 80.7 Å². The molecular weight excluding hydrogens is 192 g/mol. The number of hydrogen-bond donors (Lipinski definition) is 2. The molecule has 5 heteroatoms. The Morgan fingerprint density at radius 1 is 1.69 bits per heavy atom. The Morgan fingerprint density at radius 2 is 2.31 bits per heavy atom. The lowest BCUT2D eigenvalue weighted by Gasteiger charge is -2.19. The largest absolute Gasteiger partial charge is 0.629 e. The summed E-state index contributed by atoms with van der Waals surface area (Å²) in [5.41, 5.74) is 0.314. The van der Waals surface area contributed by atoms with E-state index in [4.69, 9.17) is 11.6 Å². The highest BCUT2D eigenvalue weighted by atomic mass is 35.5. The summed E-state index contributed by atoms with van der Waals surface area (Å²) in [5.74, 6) is 0. The Hall–Kier alpha value is -0.840. The fourth-order valence-electron chi connectivity index (χ4n) is 1.08. The predicted molar refractivity (Wildman–Crippen MR) is 51.3 cm³/mol. The SMILES string of the molecule is CC[NH+]([O-])c1c(Cl)cc(C)[nH]c1=O. The van der Waals surface area contributed by atoms with Gasteiger partial charge in [-0.2, -0.15) is 0 Å². The van der Waals surface area contributed by atoms with Crippen molar-refractivity contribution in [1.82, 2.24) is 4.98 Å². The van der Waals surface area contributed by atoms with Crippen LogP contribution in [0.3, 0.4) is 0 Å². The number of aromatic amines is 1. The molecule has 1 heterocycles. The third-order valence-electron chi connectivity index (χ3n) is 1.72. The van der Waals surface area contributed by atoms with E-state index in [9.17, 15) is 10.0 Å². The van der Waals surface area contributed by atoms with Gasteiger partial charge in [0, 0.05) is 5.69 Å². The molecule has 1 aromatic heterocycles. The molecule has 13 heavy (non-hydrogen) atoms. The maximum atomic E-state index is 11.3. The second kappa shape index (κ2) is 3.91. The summed E-state index contributed by atoms with van der Waals surface area (Å²) in [6.45, 7) is 3.69. The van der Waals surface area contributed by atoms with Crippen LogP contribution in [-0.2, 0) is 0 Å². The van der Waals surface area contributed by atoms with Gasteiger partial charge in [-0.3, -0.25) is 4.79 Å². The molecular formula is C8H11ClN2O2. The first-order valence-electron chi connectivity index (χ1n) is 3.99. The highest BCUT2D eigenvalue weighted by molar-refractivity contribution is 6.32. The summed E-state index contributed by atoms with van der Waals surface area (Å²) in [7, 11) is 0. The van der Waals surface area contributed by atoms with Crippen molar-refractivity contribution in [3.8, 4) is 0 Å². The van der Waals surface area contributed by atoms with Crippen LogP contribution in [0.5, 0.6) is 0 Å². The number of nitrogens with one attached hydrogen (secondary N) is 2. The van der Waals surface area contributed by atoms with E-state index < -0.39 is 5.56 Å². The number of hydroxylamine groups is 1. The molecule has 0 bridgehead atoms. The highest BCUT2D eigenvalue weighted by Gasteiger charge is 2.12. The molecule has 1 atom stereocenters. The Kier molecular flexibility index (Phi) is 3.08. The molecule has 2 N–H and O–H groups in total. The summed E-state index contributed by atoms with van der Waals surface area (Å²) in [6.07, 6.45) is 0. The van der Waals surface area contributed by atoms with Crippen LogP contribution in [0, 0.1) is 12.1 Å². The molecule has 0 radical (unpaired) electrons. The van der Waals surface area contributed by atoms with Crippen molar-refractivity contribution in [1.29, 1.82) is 0 Å². The van der Waals surface area contributed by atoms with Gasteiger partial charge in [-0.1, -0.05) is 11.6 Å². The van der Waals surface area contributed by atoms with Crippen LogP contribution in [0.1, 0.15) is 12.6 Å². The topological polar surface area (TPSA) is 60.4 Å². The molecule has 0 saturated heterocycles. The van der Waals surface area contributed by atoms with Gasteiger partial charge in [0.05, 0.1) is 6.54 Å².